The van der Waals surface area contributed by atoms with E-state index in [0.29, 0.717) is 33.5 Å². The van der Waals surface area contributed by atoms with E-state index in [1.54, 1.807) is 12.1 Å². The van der Waals surface area contributed by atoms with Gasteiger partial charge < -0.3 is 16.5 Å². The van der Waals surface area contributed by atoms with E-state index >= 15 is 0 Å². The van der Waals surface area contributed by atoms with E-state index < -0.39 is 0 Å². The van der Waals surface area contributed by atoms with E-state index in [9.17, 15) is 0 Å². The number of anilines is 2. The van der Waals surface area contributed by atoms with Crippen molar-refractivity contribution < 1.29 is 0 Å². The maximum absolute atomic E-state index is 5.97. The zero-order valence-corrected chi connectivity index (χ0v) is 9.94. The van der Waals surface area contributed by atoms with Gasteiger partial charge in [0.2, 0.25) is 0 Å². The zero-order valence-electron chi connectivity index (χ0n) is 9.18. The second kappa shape index (κ2) is 3.85. The summed E-state index contributed by atoms with van der Waals surface area (Å²) in [5.41, 5.74) is 13.9. The predicted molar refractivity (Wildman–Crippen MR) is 71.0 cm³/mol. The summed E-state index contributed by atoms with van der Waals surface area (Å²) in [5, 5.41) is 0.479. The summed E-state index contributed by atoms with van der Waals surface area (Å²) in [5.74, 6) is 0.986. The molecule has 90 valence electrons. The first kappa shape index (κ1) is 10.8. The fourth-order valence-electron chi connectivity index (χ4n) is 1.66. The number of nitrogen functional groups attached to an aromatic ring is 2. The average Bonchev–Trinajstić information content (AvgIpc) is 2.78. The molecule has 18 heavy (non-hydrogen) atoms. The molecule has 3 aromatic rings. The summed E-state index contributed by atoms with van der Waals surface area (Å²) in [7, 11) is 0. The first-order valence-electron chi connectivity index (χ1n) is 5.17. The summed E-state index contributed by atoms with van der Waals surface area (Å²) in [6.07, 6.45) is 1.37. The van der Waals surface area contributed by atoms with Gasteiger partial charge in [-0.15, -0.1) is 0 Å². The van der Waals surface area contributed by atoms with Gasteiger partial charge in [0.15, 0.2) is 11.5 Å². The fourth-order valence-corrected chi connectivity index (χ4v) is 1.84. The Morgan fingerprint density at radius 1 is 1.17 bits per heavy atom. The molecule has 0 unspecified atom stereocenters. The molecule has 3 rings (SSSR count). The van der Waals surface area contributed by atoms with Crippen LogP contribution in [0.5, 0.6) is 0 Å². The van der Waals surface area contributed by atoms with E-state index in [-0.39, 0.29) is 0 Å². The molecule has 0 saturated carbocycles. The first-order chi connectivity index (χ1) is 8.65. The van der Waals surface area contributed by atoms with Gasteiger partial charge in [-0.3, -0.25) is 0 Å². The molecule has 0 aliphatic heterocycles. The lowest BCUT2D eigenvalue weighted by Crippen LogP contribution is -1.91. The van der Waals surface area contributed by atoms with Crippen molar-refractivity contribution in [1.29, 1.82) is 0 Å². The minimum Gasteiger partial charge on any atom is -0.398 e. The Morgan fingerprint density at radius 2 is 2.00 bits per heavy atom. The Balaban J connectivity index is 2.19. The number of hydrogen-bond donors (Lipinski definition) is 3. The van der Waals surface area contributed by atoms with E-state index in [1.807, 2.05) is 6.07 Å². The monoisotopic (exact) mass is 260 g/mol. The van der Waals surface area contributed by atoms with Crippen molar-refractivity contribution in [2.24, 2.45) is 0 Å². The van der Waals surface area contributed by atoms with Gasteiger partial charge in [-0.25, -0.2) is 15.0 Å². The number of imidazole rings is 1. The lowest BCUT2D eigenvalue weighted by molar-refractivity contribution is 1.21. The Bertz CT molecular complexity index is 735. The highest BCUT2D eigenvalue weighted by Crippen LogP contribution is 2.27. The molecule has 0 aliphatic rings. The molecule has 0 aliphatic carbocycles. The minimum atomic E-state index is 0.361. The van der Waals surface area contributed by atoms with Crippen LogP contribution >= 0.6 is 11.6 Å². The third kappa shape index (κ3) is 1.63. The van der Waals surface area contributed by atoms with E-state index in [2.05, 4.69) is 19.9 Å². The van der Waals surface area contributed by atoms with E-state index in [4.69, 9.17) is 23.1 Å². The maximum Gasteiger partial charge on any atom is 0.183 e. The maximum atomic E-state index is 5.97. The van der Waals surface area contributed by atoms with Crippen LogP contribution in [0, 0.1) is 0 Å². The number of halogens is 1. The van der Waals surface area contributed by atoms with E-state index in [0.717, 1.165) is 5.56 Å². The van der Waals surface area contributed by atoms with Gasteiger partial charge in [0.1, 0.15) is 17.7 Å². The highest BCUT2D eigenvalue weighted by atomic mass is 35.5. The van der Waals surface area contributed by atoms with Crippen LogP contribution in [0.2, 0.25) is 5.02 Å². The number of fused-ring (bicyclic) bond motifs is 1. The lowest BCUT2D eigenvalue weighted by Gasteiger charge is -2.00. The summed E-state index contributed by atoms with van der Waals surface area (Å²) in [6, 6.07) is 5.28. The Morgan fingerprint density at radius 3 is 2.72 bits per heavy atom. The molecule has 7 heteroatoms. The molecule has 0 spiro atoms. The van der Waals surface area contributed by atoms with Gasteiger partial charge in [0.05, 0.1) is 10.7 Å². The van der Waals surface area contributed by atoms with Gasteiger partial charge in [0, 0.05) is 5.56 Å². The molecular formula is C11H9ClN6. The largest absolute Gasteiger partial charge is 0.398 e. The van der Waals surface area contributed by atoms with Gasteiger partial charge in [-0.05, 0) is 18.2 Å². The number of aromatic nitrogens is 4. The standard InChI is InChI=1S/C11H9ClN6/c12-6-3-5(1-2-7(6)13)10-17-8-9(14)15-4-16-11(8)18-10/h1-4H,13H2,(H3,14,15,16,17,18). The van der Waals surface area contributed by atoms with Crippen LogP contribution in [0.15, 0.2) is 24.5 Å². The second-order valence-corrected chi connectivity index (χ2v) is 4.19. The van der Waals surface area contributed by atoms with Crippen molar-refractivity contribution in [2.45, 2.75) is 0 Å². The molecule has 2 aromatic heterocycles. The van der Waals surface area contributed by atoms with Gasteiger partial charge in [-0.2, -0.15) is 0 Å². The molecule has 0 amide bonds. The second-order valence-electron chi connectivity index (χ2n) is 3.78. The summed E-state index contributed by atoms with van der Waals surface area (Å²) in [6.45, 7) is 0. The number of hydrogen-bond acceptors (Lipinski definition) is 5. The molecule has 2 heterocycles. The molecule has 0 bridgehead atoms. The van der Waals surface area contributed by atoms with Crippen LogP contribution in [0.3, 0.4) is 0 Å². The highest BCUT2D eigenvalue weighted by Gasteiger charge is 2.10. The Hall–Kier alpha value is -2.34. The molecule has 6 nitrogen and oxygen atoms in total. The quantitative estimate of drug-likeness (QED) is 0.579. The van der Waals surface area contributed by atoms with Crippen LogP contribution in [-0.2, 0) is 0 Å². The zero-order chi connectivity index (χ0) is 12.7. The van der Waals surface area contributed by atoms with Crippen molar-refractivity contribution in [3.8, 4) is 11.4 Å². The number of nitrogens with zero attached hydrogens (tertiary/aromatic N) is 3. The molecule has 1 aromatic carbocycles. The lowest BCUT2D eigenvalue weighted by atomic mass is 10.2. The number of nitrogens with one attached hydrogen (secondary N) is 1. The summed E-state index contributed by atoms with van der Waals surface area (Å²) >= 11 is 5.97. The third-order valence-corrected chi connectivity index (χ3v) is 2.92. The molecule has 5 N–H and O–H groups in total. The van der Waals surface area contributed by atoms with Crippen molar-refractivity contribution in [3.05, 3.63) is 29.5 Å². The van der Waals surface area contributed by atoms with Crippen molar-refractivity contribution >= 4 is 34.3 Å². The van der Waals surface area contributed by atoms with Gasteiger partial charge in [-0.1, -0.05) is 11.6 Å². The SMILES string of the molecule is Nc1ccc(-c2nc3ncnc(N)c3[nH]2)cc1Cl. The smallest absolute Gasteiger partial charge is 0.183 e. The van der Waals surface area contributed by atoms with Crippen LogP contribution in [-0.4, -0.2) is 19.9 Å². The van der Waals surface area contributed by atoms with Crippen LogP contribution in [0.25, 0.3) is 22.6 Å². The van der Waals surface area contributed by atoms with E-state index in [1.165, 1.54) is 6.33 Å². The fraction of sp³-hybridized carbons (Fsp3) is 0. The Labute approximate surface area is 107 Å². The van der Waals surface area contributed by atoms with Crippen molar-refractivity contribution in [2.75, 3.05) is 11.5 Å². The normalized spacial score (nSPS) is 10.9. The average molecular weight is 261 g/mol. The van der Waals surface area contributed by atoms with Crippen molar-refractivity contribution in [1.82, 2.24) is 19.9 Å². The van der Waals surface area contributed by atoms with Gasteiger partial charge in [0.25, 0.3) is 0 Å². The van der Waals surface area contributed by atoms with Crippen LogP contribution in [0.1, 0.15) is 0 Å². The van der Waals surface area contributed by atoms with Crippen molar-refractivity contribution in [3.63, 3.8) is 0 Å². The highest BCUT2D eigenvalue weighted by molar-refractivity contribution is 6.33. The van der Waals surface area contributed by atoms with Gasteiger partial charge >= 0.3 is 0 Å². The predicted octanol–water partition coefficient (Wildman–Crippen LogP) is 1.84. The summed E-state index contributed by atoms with van der Waals surface area (Å²) < 4.78 is 0. The molecular weight excluding hydrogens is 252 g/mol. The first-order valence-corrected chi connectivity index (χ1v) is 5.54. The molecule has 0 fully saturated rings. The number of nitrogens with two attached hydrogens (primary N) is 2. The molecule has 0 radical (unpaired) electrons. The molecule has 0 atom stereocenters. The summed E-state index contributed by atoms with van der Waals surface area (Å²) in [4.78, 5) is 15.3. The van der Waals surface area contributed by atoms with Crippen LogP contribution < -0.4 is 11.5 Å². The Kier molecular flexibility index (Phi) is 2.31. The van der Waals surface area contributed by atoms with Crippen LogP contribution in [0.4, 0.5) is 11.5 Å². The number of benzene rings is 1. The number of rotatable bonds is 1. The number of H-pyrrole nitrogens is 1. The minimum absolute atomic E-state index is 0.361. The molecule has 0 saturated heterocycles. The third-order valence-electron chi connectivity index (χ3n) is 2.59. The topological polar surface area (TPSA) is 106 Å². The number of aromatic amines is 1.